The van der Waals surface area contributed by atoms with Crippen molar-refractivity contribution in [3.63, 3.8) is 0 Å². The summed E-state index contributed by atoms with van der Waals surface area (Å²) in [5.74, 6) is -0.343. The van der Waals surface area contributed by atoms with Crippen LogP contribution in [0.1, 0.15) is 19.4 Å². The molecule has 0 aliphatic heterocycles. The molecule has 0 N–H and O–H groups in total. The minimum Gasteiger partial charge on any atom is -0.469 e. The number of hydrogen-bond donors (Lipinski definition) is 0. The van der Waals surface area contributed by atoms with Crippen LogP contribution >= 0.6 is 0 Å². The fourth-order valence-electron chi connectivity index (χ4n) is 1.31. The molecule has 17 heavy (non-hydrogen) atoms. The fraction of sp³-hybridized carbons (Fsp3) is 0.417. The van der Waals surface area contributed by atoms with Gasteiger partial charge in [0.15, 0.2) is 9.84 Å². The second-order valence-electron chi connectivity index (χ2n) is 3.99. The van der Waals surface area contributed by atoms with Gasteiger partial charge in [0.05, 0.1) is 23.7 Å². The van der Waals surface area contributed by atoms with Gasteiger partial charge in [-0.1, -0.05) is 12.1 Å². The van der Waals surface area contributed by atoms with Gasteiger partial charge in [-0.05, 0) is 31.5 Å². The van der Waals surface area contributed by atoms with E-state index in [1.54, 1.807) is 26.0 Å². The average molecular weight is 256 g/mol. The first-order chi connectivity index (χ1) is 7.87. The molecule has 0 aromatic heterocycles. The molecule has 0 spiro atoms. The Bertz CT molecular complexity index is 486. The molecule has 0 atom stereocenters. The van der Waals surface area contributed by atoms with Crippen molar-refractivity contribution in [2.75, 3.05) is 7.11 Å². The number of methoxy groups -OCH3 is 1. The Labute approximate surface area is 102 Å². The van der Waals surface area contributed by atoms with Gasteiger partial charge in [-0.3, -0.25) is 4.79 Å². The summed E-state index contributed by atoms with van der Waals surface area (Å²) in [4.78, 5) is 11.3. The molecule has 0 heterocycles. The molecule has 0 amide bonds. The topological polar surface area (TPSA) is 60.4 Å². The van der Waals surface area contributed by atoms with Crippen LogP contribution in [0.25, 0.3) is 0 Å². The van der Waals surface area contributed by atoms with E-state index in [9.17, 15) is 13.2 Å². The van der Waals surface area contributed by atoms with Gasteiger partial charge in [-0.25, -0.2) is 8.42 Å². The maximum Gasteiger partial charge on any atom is 0.309 e. The van der Waals surface area contributed by atoms with Crippen LogP contribution in [0.4, 0.5) is 0 Å². The zero-order valence-electron chi connectivity index (χ0n) is 10.1. The Balaban J connectivity index is 2.93. The van der Waals surface area contributed by atoms with E-state index < -0.39 is 15.1 Å². The smallest absolute Gasteiger partial charge is 0.309 e. The minimum absolute atomic E-state index is 0.151. The quantitative estimate of drug-likeness (QED) is 0.767. The van der Waals surface area contributed by atoms with Crippen LogP contribution in [0.3, 0.4) is 0 Å². The lowest BCUT2D eigenvalue weighted by Gasteiger charge is -2.08. The molecule has 0 unspecified atom stereocenters. The molecule has 0 saturated heterocycles. The second kappa shape index (κ2) is 5.31. The van der Waals surface area contributed by atoms with Crippen molar-refractivity contribution in [2.24, 2.45) is 0 Å². The minimum atomic E-state index is -3.24. The number of ether oxygens (including phenoxy) is 1. The summed E-state index contributed by atoms with van der Waals surface area (Å²) in [7, 11) is -1.92. The molecule has 0 radical (unpaired) electrons. The van der Waals surface area contributed by atoms with Crippen molar-refractivity contribution in [3.8, 4) is 0 Å². The van der Waals surface area contributed by atoms with Gasteiger partial charge >= 0.3 is 5.97 Å². The molecule has 0 aliphatic carbocycles. The molecule has 1 aromatic carbocycles. The lowest BCUT2D eigenvalue weighted by Crippen LogP contribution is -2.14. The monoisotopic (exact) mass is 256 g/mol. The highest BCUT2D eigenvalue weighted by Gasteiger charge is 2.18. The number of benzene rings is 1. The Morgan fingerprint density at radius 1 is 1.24 bits per heavy atom. The van der Waals surface area contributed by atoms with Gasteiger partial charge in [0.1, 0.15) is 0 Å². The summed E-state index contributed by atoms with van der Waals surface area (Å²) in [5.41, 5.74) is 0.736. The van der Waals surface area contributed by atoms with Crippen LogP contribution in [0, 0.1) is 0 Å². The highest BCUT2D eigenvalue weighted by Crippen LogP contribution is 2.16. The van der Waals surface area contributed by atoms with E-state index in [1.165, 1.54) is 19.2 Å². The molecule has 1 rings (SSSR count). The second-order valence-corrected chi connectivity index (χ2v) is 6.49. The van der Waals surface area contributed by atoms with Crippen molar-refractivity contribution < 1.29 is 17.9 Å². The summed E-state index contributed by atoms with van der Waals surface area (Å²) in [5, 5.41) is -0.450. The Morgan fingerprint density at radius 2 is 1.76 bits per heavy atom. The third kappa shape index (κ3) is 3.30. The molecule has 94 valence electrons. The number of carbonyl (C=O) groups excluding carboxylic acids is 1. The number of hydrogen-bond acceptors (Lipinski definition) is 4. The Kier molecular flexibility index (Phi) is 4.28. The molecular weight excluding hydrogens is 240 g/mol. The number of esters is 1. The highest BCUT2D eigenvalue weighted by atomic mass is 32.2. The predicted octanol–water partition coefficient (Wildman–Crippen LogP) is 1.58. The SMILES string of the molecule is COC(=O)Cc1ccc(S(=O)(=O)C(C)C)cc1. The zero-order valence-corrected chi connectivity index (χ0v) is 11.0. The maximum atomic E-state index is 11.8. The van der Waals surface area contributed by atoms with E-state index in [0.717, 1.165) is 5.56 Å². The van der Waals surface area contributed by atoms with Crippen molar-refractivity contribution in [3.05, 3.63) is 29.8 Å². The van der Waals surface area contributed by atoms with E-state index in [-0.39, 0.29) is 17.3 Å². The highest BCUT2D eigenvalue weighted by molar-refractivity contribution is 7.92. The van der Waals surface area contributed by atoms with Gasteiger partial charge in [-0.2, -0.15) is 0 Å². The molecule has 4 nitrogen and oxygen atoms in total. The molecular formula is C12H16O4S. The van der Waals surface area contributed by atoms with Crippen LogP contribution in [0.15, 0.2) is 29.2 Å². The lowest BCUT2D eigenvalue weighted by atomic mass is 10.2. The van der Waals surface area contributed by atoms with E-state index >= 15 is 0 Å². The first-order valence-corrected chi connectivity index (χ1v) is 6.82. The molecule has 0 saturated carbocycles. The van der Waals surface area contributed by atoms with E-state index in [0.29, 0.717) is 0 Å². The third-order valence-corrected chi connectivity index (χ3v) is 4.62. The molecule has 0 fully saturated rings. The Morgan fingerprint density at radius 3 is 2.18 bits per heavy atom. The normalized spacial score (nSPS) is 11.5. The van der Waals surface area contributed by atoms with E-state index in [2.05, 4.69) is 4.74 Å². The van der Waals surface area contributed by atoms with Crippen molar-refractivity contribution >= 4 is 15.8 Å². The molecule has 0 aliphatic rings. The number of sulfone groups is 1. The van der Waals surface area contributed by atoms with E-state index in [1.807, 2.05) is 0 Å². The lowest BCUT2D eigenvalue weighted by molar-refractivity contribution is -0.139. The fourth-order valence-corrected chi connectivity index (χ4v) is 2.37. The molecule has 5 heteroatoms. The number of carbonyl (C=O) groups is 1. The summed E-state index contributed by atoms with van der Waals surface area (Å²) >= 11 is 0. The maximum absolute atomic E-state index is 11.8. The van der Waals surface area contributed by atoms with E-state index in [4.69, 9.17) is 0 Å². The molecule has 0 bridgehead atoms. The summed E-state index contributed by atoms with van der Waals surface area (Å²) < 4.78 is 28.2. The van der Waals surface area contributed by atoms with Gasteiger partial charge in [0, 0.05) is 0 Å². The van der Waals surface area contributed by atoms with Gasteiger partial charge in [0.2, 0.25) is 0 Å². The van der Waals surface area contributed by atoms with Crippen molar-refractivity contribution in [1.82, 2.24) is 0 Å². The van der Waals surface area contributed by atoms with Crippen LogP contribution in [0.2, 0.25) is 0 Å². The van der Waals surface area contributed by atoms with Gasteiger partial charge in [0.25, 0.3) is 0 Å². The predicted molar refractivity (Wildman–Crippen MR) is 64.5 cm³/mol. The Hall–Kier alpha value is -1.36. The van der Waals surface area contributed by atoms with Gasteiger partial charge < -0.3 is 4.74 Å². The molecule has 1 aromatic rings. The average Bonchev–Trinajstić information content (AvgIpc) is 2.29. The van der Waals surface area contributed by atoms with Crippen molar-refractivity contribution in [1.29, 1.82) is 0 Å². The largest absolute Gasteiger partial charge is 0.469 e. The van der Waals surface area contributed by atoms with Crippen molar-refractivity contribution in [2.45, 2.75) is 30.4 Å². The number of rotatable bonds is 4. The summed E-state index contributed by atoms with van der Waals surface area (Å²) in [6.45, 7) is 3.27. The third-order valence-electron chi connectivity index (χ3n) is 2.45. The van der Waals surface area contributed by atoms with Gasteiger partial charge in [-0.15, -0.1) is 0 Å². The van der Waals surface area contributed by atoms with Crippen LogP contribution in [-0.2, 0) is 25.8 Å². The van der Waals surface area contributed by atoms with Crippen LogP contribution < -0.4 is 0 Å². The van der Waals surface area contributed by atoms with Crippen LogP contribution in [-0.4, -0.2) is 26.7 Å². The first kappa shape index (κ1) is 13.7. The standard InChI is InChI=1S/C12H16O4S/c1-9(2)17(14,15)11-6-4-10(5-7-11)8-12(13)16-3/h4-7,9H,8H2,1-3H3. The van der Waals surface area contributed by atoms with Crippen LogP contribution in [0.5, 0.6) is 0 Å². The summed E-state index contributed by atoms with van der Waals surface area (Å²) in [6.07, 6.45) is 0.151. The zero-order chi connectivity index (χ0) is 13.1. The summed E-state index contributed by atoms with van der Waals surface area (Å²) in [6, 6.07) is 6.31. The first-order valence-electron chi connectivity index (χ1n) is 5.27.